The minimum Gasteiger partial charge on any atom is -0.495 e. The quantitative estimate of drug-likeness (QED) is 0.411. The fourth-order valence-electron chi connectivity index (χ4n) is 2.74. The SMILES string of the molecule is COc1ccccc1NC(N)=NCCN1CCc2sccc2C1.I. The molecule has 1 aromatic carbocycles. The lowest BCUT2D eigenvalue weighted by atomic mass is 10.1. The van der Waals surface area contributed by atoms with Crippen molar-refractivity contribution >= 4 is 47.0 Å². The minimum absolute atomic E-state index is 0. The van der Waals surface area contributed by atoms with E-state index in [2.05, 4.69) is 26.7 Å². The van der Waals surface area contributed by atoms with E-state index < -0.39 is 0 Å². The van der Waals surface area contributed by atoms with Gasteiger partial charge in [0, 0.05) is 24.5 Å². The van der Waals surface area contributed by atoms with Gasteiger partial charge in [-0.1, -0.05) is 12.1 Å². The van der Waals surface area contributed by atoms with Crippen LogP contribution in [0.2, 0.25) is 0 Å². The van der Waals surface area contributed by atoms with E-state index in [9.17, 15) is 0 Å². The van der Waals surface area contributed by atoms with Crippen LogP contribution in [0.4, 0.5) is 5.69 Å². The minimum atomic E-state index is 0. The fourth-order valence-corrected chi connectivity index (χ4v) is 3.62. The summed E-state index contributed by atoms with van der Waals surface area (Å²) in [6, 6.07) is 9.90. The summed E-state index contributed by atoms with van der Waals surface area (Å²) in [5.74, 6) is 1.18. The van der Waals surface area contributed by atoms with Crippen LogP contribution in [0.5, 0.6) is 5.75 Å². The fraction of sp³-hybridized carbons (Fsp3) is 0.353. The Morgan fingerprint density at radius 3 is 3.04 bits per heavy atom. The second-order valence-corrected chi connectivity index (χ2v) is 6.49. The molecule has 0 saturated heterocycles. The lowest BCUT2D eigenvalue weighted by molar-refractivity contribution is 0.264. The Morgan fingerprint density at radius 2 is 2.21 bits per heavy atom. The molecule has 3 rings (SSSR count). The van der Waals surface area contributed by atoms with Crippen LogP contribution in [0.15, 0.2) is 40.7 Å². The van der Waals surface area contributed by atoms with Gasteiger partial charge in [0.1, 0.15) is 5.75 Å². The first-order valence-electron chi connectivity index (χ1n) is 7.74. The summed E-state index contributed by atoms with van der Waals surface area (Å²) in [5, 5.41) is 5.28. The number of nitrogens with one attached hydrogen (secondary N) is 1. The van der Waals surface area contributed by atoms with Gasteiger partial charge in [0.15, 0.2) is 5.96 Å². The van der Waals surface area contributed by atoms with Crippen LogP contribution in [0, 0.1) is 0 Å². The van der Waals surface area contributed by atoms with Crippen molar-refractivity contribution in [1.82, 2.24) is 4.90 Å². The van der Waals surface area contributed by atoms with E-state index in [1.54, 1.807) is 7.11 Å². The molecular formula is C17H23IN4OS. The van der Waals surface area contributed by atoms with Gasteiger partial charge in [0.05, 0.1) is 19.3 Å². The number of thiophene rings is 1. The molecule has 1 aliphatic heterocycles. The largest absolute Gasteiger partial charge is 0.495 e. The number of ether oxygens (including phenoxy) is 1. The van der Waals surface area contributed by atoms with Gasteiger partial charge in [0.2, 0.25) is 0 Å². The highest BCUT2D eigenvalue weighted by molar-refractivity contribution is 14.0. The number of rotatable bonds is 5. The van der Waals surface area contributed by atoms with E-state index in [0.29, 0.717) is 12.5 Å². The molecule has 1 aromatic heterocycles. The number of nitrogens with two attached hydrogens (primary N) is 1. The van der Waals surface area contributed by atoms with E-state index in [1.165, 1.54) is 10.4 Å². The molecule has 0 spiro atoms. The summed E-state index contributed by atoms with van der Waals surface area (Å²) in [6.07, 6.45) is 1.14. The van der Waals surface area contributed by atoms with Gasteiger partial charge in [-0.15, -0.1) is 35.3 Å². The van der Waals surface area contributed by atoms with Crippen molar-refractivity contribution in [2.24, 2.45) is 10.7 Å². The summed E-state index contributed by atoms with van der Waals surface area (Å²) >= 11 is 1.86. The summed E-state index contributed by atoms with van der Waals surface area (Å²) in [7, 11) is 1.64. The smallest absolute Gasteiger partial charge is 0.193 e. The standard InChI is InChI=1S/C17H22N4OS.HI/c1-22-15-5-3-2-4-14(15)20-17(18)19-8-10-21-9-6-16-13(12-21)7-11-23-16;/h2-5,7,11H,6,8-10,12H2,1H3,(H3,18,19,20);1H. The highest BCUT2D eigenvalue weighted by atomic mass is 127. The second-order valence-electron chi connectivity index (χ2n) is 5.49. The average molecular weight is 458 g/mol. The lowest BCUT2D eigenvalue weighted by Gasteiger charge is -2.26. The molecule has 130 valence electrons. The maximum atomic E-state index is 5.97. The predicted octanol–water partition coefficient (Wildman–Crippen LogP) is 3.16. The Kier molecular flexibility index (Phi) is 7.32. The molecule has 0 bridgehead atoms. The monoisotopic (exact) mass is 458 g/mol. The molecule has 0 saturated carbocycles. The Bertz CT molecular complexity index is 689. The zero-order valence-corrected chi connectivity index (χ0v) is 16.8. The Labute approximate surface area is 163 Å². The summed E-state index contributed by atoms with van der Waals surface area (Å²) in [4.78, 5) is 8.38. The van der Waals surface area contributed by atoms with Crippen LogP contribution in [0.3, 0.4) is 0 Å². The van der Waals surface area contributed by atoms with Gasteiger partial charge >= 0.3 is 0 Å². The predicted molar refractivity (Wildman–Crippen MR) is 112 cm³/mol. The highest BCUT2D eigenvalue weighted by Crippen LogP contribution is 2.24. The van der Waals surface area contributed by atoms with E-state index in [4.69, 9.17) is 10.5 Å². The van der Waals surface area contributed by atoms with Crippen molar-refractivity contribution in [2.45, 2.75) is 13.0 Å². The molecule has 2 heterocycles. The van der Waals surface area contributed by atoms with Gasteiger partial charge in [-0.3, -0.25) is 9.89 Å². The number of anilines is 1. The van der Waals surface area contributed by atoms with Crippen LogP contribution in [-0.2, 0) is 13.0 Å². The summed E-state index contributed by atoms with van der Waals surface area (Å²) < 4.78 is 5.29. The number of fused-ring (bicyclic) bond motifs is 1. The molecule has 3 N–H and O–H groups in total. The van der Waals surface area contributed by atoms with Crippen LogP contribution in [-0.4, -0.2) is 37.6 Å². The van der Waals surface area contributed by atoms with Crippen molar-refractivity contribution in [3.63, 3.8) is 0 Å². The third kappa shape index (κ3) is 4.84. The number of nitrogens with zero attached hydrogens (tertiary/aromatic N) is 2. The maximum absolute atomic E-state index is 5.97. The number of methoxy groups -OCH3 is 1. The lowest BCUT2D eigenvalue weighted by Crippen LogP contribution is -2.32. The molecule has 0 unspecified atom stereocenters. The van der Waals surface area contributed by atoms with Crippen molar-refractivity contribution in [3.05, 3.63) is 46.2 Å². The van der Waals surface area contributed by atoms with Crippen LogP contribution in [0.1, 0.15) is 10.4 Å². The van der Waals surface area contributed by atoms with Gasteiger partial charge in [-0.2, -0.15) is 0 Å². The molecule has 0 amide bonds. The maximum Gasteiger partial charge on any atom is 0.193 e. The molecule has 7 heteroatoms. The van der Waals surface area contributed by atoms with Crippen molar-refractivity contribution in [3.8, 4) is 5.75 Å². The molecule has 0 aliphatic carbocycles. The Balaban J connectivity index is 0.00000208. The Morgan fingerprint density at radius 1 is 1.38 bits per heavy atom. The molecule has 1 aliphatic rings. The van der Waals surface area contributed by atoms with Gasteiger partial charge in [-0.25, -0.2) is 0 Å². The third-order valence-corrected chi connectivity index (χ3v) is 4.98. The summed E-state index contributed by atoms with van der Waals surface area (Å²) in [6.45, 7) is 3.73. The van der Waals surface area contributed by atoms with Crippen LogP contribution < -0.4 is 15.8 Å². The molecule has 0 fully saturated rings. The molecular weight excluding hydrogens is 435 g/mol. The summed E-state index contributed by atoms with van der Waals surface area (Å²) in [5.41, 5.74) is 8.27. The van der Waals surface area contributed by atoms with Crippen molar-refractivity contribution in [2.75, 3.05) is 32.1 Å². The van der Waals surface area contributed by atoms with Gasteiger partial charge in [0.25, 0.3) is 0 Å². The highest BCUT2D eigenvalue weighted by Gasteiger charge is 2.16. The Hall–Kier alpha value is -1.32. The molecule has 0 radical (unpaired) electrons. The van der Waals surface area contributed by atoms with E-state index >= 15 is 0 Å². The first kappa shape index (κ1) is 19.0. The van der Waals surface area contributed by atoms with Crippen LogP contribution in [0.25, 0.3) is 0 Å². The number of hydrogen-bond acceptors (Lipinski definition) is 4. The molecule has 5 nitrogen and oxygen atoms in total. The van der Waals surface area contributed by atoms with E-state index in [1.807, 2.05) is 35.6 Å². The third-order valence-electron chi connectivity index (χ3n) is 3.95. The van der Waals surface area contributed by atoms with E-state index in [-0.39, 0.29) is 24.0 Å². The second kappa shape index (κ2) is 9.24. The number of aliphatic imine (C=N–C) groups is 1. The normalized spacial score (nSPS) is 14.6. The van der Waals surface area contributed by atoms with E-state index in [0.717, 1.165) is 37.5 Å². The zero-order chi connectivity index (χ0) is 16.1. The average Bonchev–Trinajstić information content (AvgIpc) is 3.03. The molecule has 24 heavy (non-hydrogen) atoms. The topological polar surface area (TPSA) is 62.9 Å². The van der Waals surface area contributed by atoms with Crippen LogP contribution >= 0.6 is 35.3 Å². The molecule has 2 aromatic rings. The number of halogens is 1. The zero-order valence-electron chi connectivity index (χ0n) is 13.7. The number of hydrogen-bond donors (Lipinski definition) is 2. The number of guanidine groups is 1. The van der Waals surface area contributed by atoms with Gasteiger partial charge < -0.3 is 15.8 Å². The van der Waals surface area contributed by atoms with Gasteiger partial charge in [-0.05, 0) is 35.6 Å². The van der Waals surface area contributed by atoms with Crippen molar-refractivity contribution < 1.29 is 4.74 Å². The number of benzene rings is 1. The van der Waals surface area contributed by atoms with Crippen molar-refractivity contribution in [1.29, 1.82) is 0 Å². The first-order chi connectivity index (χ1) is 11.3. The first-order valence-corrected chi connectivity index (χ1v) is 8.62. The molecule has 0 atom stereocenters. The number of para-hydroxylation sites is 2.